The van der Waals surface area contributed by atoms with Gasteiger partial charge >= 0.3 is 0 Å². The van der Waals surface area contributed by atoms with Gasteiger partial charge in [0, 0.05) is 10.9 Å². The predicted molar refractivity (Wildman–Crippen MR) is 144 cm³/mol. The molecule has 0 radical (unpaired) electrons. The van der Waals surface area contributed by atoms with Crippen LogP contribution in [-0.2, 0) is 4.79 Å². The van der Waals surface area contributed by atoms with Crippen LogP contribution in [0, 0.1) is 5.82 Å². The van der Waals surface area contributed by atoms with Gasteiger partial charge in [0.05, 0.1) is 29.5 Å². The van der Waals surface area contributed by atoms with Crippen molar-refractivity contribution in [1.29, 1.82) is 0 Å². The normalized spacial score (nSPS) is 15.5. The average molecular weight is 545 g/mol. The van der Waals surface area contributed by atoms with Crippen molar-refractivity contribution in [3.8, 4) is 11.5 Å². The van der Waals surface area contributed by atoms with Crippen molar-refractivity contribution in [2.24, 2.45) is 0 Å². The summed E-state index contributed by atoms with van der Waals surface area (Å²) >= 11 is 1.17. The van der Waals surface area contributed by atoms with E-state index in [2.05, 4.69) is 4.98 Å². The van der Waals surface area contributed by atoms with Crippen molar-refractivity contribution < 1.29 is 33.0 Å². The molecule has 1 atom stereocenters. The maximum absolute atomic E-state index is 15.2. The third-order valence-corrected chi connectivity index (χ3v) is 7.49. The number of benzene rings is 3. The molecule has 39 heavy (non-hydrogen) atoms. The van der Waals surface area contributed by atoms with Crippen LogP contribution in [0.1, 0.15) is 29.1 Å². The first-order chi connectivity index (χ1) is 18.9. The summed E-state index contributed by atoms with van der Waals surface area (Å²) in [6.45, 7) is 2.35. The Morgan fingerprint density at radius 2 is 1.97 bits per heavy atom. The minimum atomic E-state index is -1.28. The molecule has 0 spiro atoms. The van der Waals surface area contributed by atoms with Crippen LogP contribution in [0.25, 0.3) is 21.2 Å². The molecule has 8 nitrogen and oxygen atoms in total. The van der Waals surface area contributed by atoms with Gasteiger partial charge in [0.25, 0.3) is 5.91 Å². The fourth-order valence-electron chi connectivity index (χ4n) is 4.72. The second-order valence-electron chi connectivity index (χ2n) is 8.74. The van der Waals surface area contributed by atoms with Gasteiger partial charge in [-0.15, -0.1) is 0 Å². The Morgan fingerprint density at radius 1 is 1.15 bits per heavy atom. The third kappa shape index (κ3) is 4.00. The first-order valence-corrected chi connectivity index (χ1v) is 12.9. The van der Waals surface area contributed by atoms with Crippen LogP contribution < -0.4 is 14.4 Å². The van der Waals surface area contributed by atoms with Gasteiger partial charge in [0.1, 0.15) is 17.6 Å². The molecule has 0 aliphatic carbocycles. The number of Topliss-reactive ketones (excluding diaryl/α,β-unsaturated/α-hetero) is 1. The van der Waals surface area contributed by atoms with Crippen LogP contribution in [-0.4, -0.2) is 35.5 Å². The number of ketones is 1. The lowest BCUT2D eigenvalue weighted by Crippen LogP contribution is -2.31. The van der Waals surface area contributed by atoms with E-state index in [1.54, 1.807) is 42.5 Å². The van der Waals surface area contributed by atoms with Gasteiger partial charge in [-0.1, -0.05) is 41.7 Å². The number of hydrogen-bond donors (Lipinski definition) is 1. The van der Waals surface area contributed by atoms with Crippen LogP contribution in [0.4, 0.5) is 9.52 Å². The van der Waals surface area contributed by atoms with Gasteiger partial charge in [-0.25, -0.2) is 9.37 Å². The molecular weight excluding hydrogens is 523 g/mol. The van der Waals surface area contributed by atoms with E-state index < -0.39 is 29.3 Å². The molecule has 1 aliphatic heterocycles. The van der Waals surface area contributed by atoms with Crippen molar-refractivity contribution in [1.82, 2.24) is 4.98 Å². The molecule has 0 saturated heterocycles. The number of furan rings is 1. The fraction of sp³-hybridized carbons (Fsp3) is 0.138. The Labute approximate surface area is 225 Å². The van der Waals surface area contributed by atoms with Gasteiger partial charge in [0.15, 0.2) is 28.0 Å². The van der Waals surface area contributed by atoms with Crippen molar-refractivity contribution in [2.45, 2.75) is 13.0 Å². The lowest BCUT2D eigenvalue weighted by Gasteiger charge is -2.24. The molecule has 0 saturated carbocycles. The first-order valence-electron chi connectivity index (χ1n) is 12.1. The number of rotatable bonds is 7. The summed E-state index contributed by atoms with van der Waals surface area (Å²) in [7, 11) is 1.48. The molecule has 6 rings (SSSR count). The summed E-state index contributed by atoms with van der Waals surface area (Å²) in [5.41, 5.74) is 0.643. The zero-order valence-electron chi connectivity index (χ0n) is 20.8. The molecule has 10 heteroatoms. The molecule has 5 aromatic rings. The number of halogens is 1. The lowest BCUT2D eigenvalue weighted by atomic mass is 9.95. The minimum Gasteiger partial charge on any atom is -0.503 e. The largest absolute Gasteiger partial charge is 0.503 e. The SMILES string of the molecule is CCOc1ccc2nc(N3C(=O)C(O)=C(C(=O)c4cc5cccc(OC)c5o4)C3c3ccccc3F)sc2c1. The second-order valence-corrected chi connectivity index (χ2v) is 9.75. The molecule has 3 aromatic carbocycles. The number of nitrogens with zero attached hydrogens (tertiary/aromatic N) is 2. The number of thiazole rings is 1. The highest BCUT2D eigenvalue weighted by Crippen LogP contribution is 2.45. The van der Waals surface area contributed by atoms with Crippen LogP contribution in [0.15, 0.2) is 82.5 Å². The topological polar surface area (TPSA) is 102 Å². The summed E-state index contributed by atoms with van der Waals surface area (Å²) in [5.74, 6) is -2.14. The highest BCUT2D eigenvalue weighted by atomic mass is 32.1. The maximum Gasteiger partial charge on any atom is 0.296 e. The quantitative estimate of drug-likeness (QED) is 0.238. The van der Waals surface area contributed by atoms with Crippen LogP contribution >= 0.6 is 11.3 Å². The van der Waals surface area contributed by atoms with Crippen molar-refractivity contribution >= 4 is 49.3 Å². The number of aliphatic hydroxyl groups is 1. The number of amides is 1. The van der Waals surface area contributed by atoms with Crippen molar-refractivity contribution in [2.75, 3.05) is 18.6 Å². The summed E-state index contributed by atoms with van der Waals surface area (Å²) in [6, 6.07) is 16.5. The zero-order valence-corrected chi connectivity index (χ0v) is 21.6. The number of fused-ring (bicyclic) bond motifs is 2. The molecule has 2 aromatic heterocycles. The van der Waals surface area contributed by atoms with Crippen LogP contribution in [0.3, 0.4) is 0 Å². The summed E-state index contributed by atoms with van der Waals surface area (Å²) < 4.78 is 32.6. The Balaban J connectivity index is 1.50. The van der Waals surface area contributed by atoms with E-state index in [0.717, 1.165) is 9.60 Å². The number of anilines is 1. The highest BCUT2D eigenvalue weighted by Gasteiger charge is 2.47. The molecule has 0 bridgehead atoms. The van der Waals surface area contributed by atoms with Gasteiger partial charge in [-0.2, -0.15) is 0 Å². The number of carbonyl (C=O) groups is 2. The molecule has 1 aliphatic rings. The van der Waals surface area contributed by atoms with E-state index in [9.17, 15) is 14.7 Å². The smallest absolute Gasteiger partial charge is 0.296 e. The summed E-state index contributed by atoms with van der Waals surface area (Å²) in [5, 5.41) is 11.8. The zero-order chi connectivity index (χ0) is 27.3. The van der Waals surface area contributed by atoms with E-state index in [1.807, 2.05) is 6.92 Å². The number of aromatic nitrogens is 1. The van der Waals surface area contributed by atoms with E-state index >= 15 is 4.39 Å². The van der Waals surface area contributed by atoms with Gasteiger partial charge in [-0.05, 0) is 43.3 Å². The van der Waals surface area contributed by atoms with Crippen molar-refractivity contribution in [3.05, 3.63) is 95.2 Å². The monoisotopic (exact) mass is 544 g/mol. The fourth-order valence-corrected chi connectivity index (χ4v) is 5.74. The second kappa shape index (κ2) is 9.55. The van der Waals surface area contributed by atoms with E-state index in [4.69, 9.17) is 13.9 Å². The van der Waals surface area contributed by atoms with Crippen LogP contribution in [0.2, 0.25) is 0 Å². The number of para-hydroxylation sites is 1. The Kier molecular flexibility index (Phi) is 6.03. The third-order valence-electron chi connectivity index (χ3n) is 6.47. The summed E-state index contributed by atoms with van der Waals surface area (Å²) in [6.07, 6.45) is 0. The van der Waals surface area contributed by atoms with Gasteiger partial charge in [-0.3, -0.25) is 14.5 Å². The summed E-state index contributed by atoms with van der Waals surface area (Å²) in [4.78, 5) is 33.1. The number of ether oxygens (including phenoxy) is 2. The highest BCUT2D eigenvalue weighted by molar-refractivity contribution is 7.22. The number of hydrogen-bond acceptors (Lipinski definition) is 8. The maximum atomic E-state index is 15.2. The molecular formula is C29H21FN2O6S. The molecule has 1 N–H and O–H groups in total. The molecule has 1 unspecified atom stereocenters. The average Bonchev–Trinajstić information content (AvgIpc) is 3.62. The van der Waals surface area contributed by atoms with Gasteiger partial charge in [0.2, 0.25) is 5.78 Å². The molecule has 196 valence electrons. The minimum absolute atomic E-state index is 0.0289. The first kappa shape index (κ1) is 24.6. The number of methoxy groups -OCH3 is 1. The van der Waals surface area contributed by atoms with E-state index in [-0.39, 0.29) is 22.0 Å². The lowest BCUT2D eigenvalue weighted by molar-refractivity contribution is -0.117. The van der Waals surface area contributed by atoms with E-state index in [0.29, 0.717) is 34.6 Å². The Morgan fingerprint density at radius 3 is 2.74 bits per heavy atom. The number of carbonyl (C=O) groups excluding carboxylic acids is 2. The van der Waals surface area contributed by atoms with Gasteiger partial charge < -0.3 is 19.0 Å². The van der Waals surface area contributed by atoms with Crippen LogP contribution in [0.5, 0.6) is 11.5 Å². The molecule has 3 heterocycles. The molecule has 1 amide bonds. The number of aliphatic hydroxyl groups excluding tert-OH is 1. The Bertz CT molecular complexity index is 1810. The van der Waals surface area contributed by atoms with E-state index in [1.165, 1.54) is 42.7 Å². The Hall–Kier alpha value is -4.70. The predicted octanol–water partition coefficient (Wildman–Crippen LogP) is 6.37. The standard InChI is InChI=1S/C29H21FN2O6S/c1-3-37-16-11-12-19-22(14-16)39-29(31-19)32-24(17-8-4-5-9-18(17)30)23(26(34)28(32)35)25(33)21-13-15-7-6-10-20(36-2)27(15)38-21/h4-14,24,34H,3H2,1-2H3. The van der Waals surface area contributed by atoms with Crippen molar-refractivity contribution in [3.63, 3.8) is 0 Å². The molecule has 0 fully saturated rings.